The van der Waals surface area contributed by atoms with Crippen LogP contribution in [0.4, 0.5) is 11.6 Å². The number of rotatable bonds is 3. The van der Waals surface area contributed by atoms with Crippen LogP contribution in [0.3, 0.4) is 0 Å². The molecule has 1 amide bonds. The molecule has 1 unspecified atom stereocenters. The Kier molecular flexibility index (Phi) is 3.72. The van der Waals surface area contributed by atoms with Gasteiger partial charge in [-0.1, -0.05) is 0 Å². The van der Waals surface area contributed by atoms with Gasteiger partial charge in [0.15, 0.2) is 5.82 Å². The van der Waals surface area contributed by atoms with Crippen LogP contribution in [0.25, 0.3) is 0 Å². The number of carbonyl (C=O) groups excluding carboxylic acids is 1. The highest BCUT2D eigenvalue weighted by Crippen LogP contribution is 2.34. The maximum absolute atomic E-state index is 11.7. The van der Waals surface area contributed by atoms with E-state index in [9.17, 15) is 4.79 Å². The predicted molar refractivity (Wildman–Crippen MR) is 76.7 cm³/mol. The van der Waals surface area contributed by atoms with Crippen molar-refractivity contribution in [2.24, 2.45) is 0 Å². The molecule has 3 heterocycles. The van der Waals surface area contributed by atoms with Crippen molar-refractivity contribution in [3.63, 3.8) is 0 Å². The lowest BCUT2D eigenvalue weighted by atomic mass is 10.1. The van der Waals surface area contributed by atoms with E-state index in [1.807, 2.05) is 4.90 Å². The first-order valence-corrected chi connectivity index (χ1v) is 6.87. The lowest BCUT2D eigenvalue weighted by Crippen LogP contribution is -2.29. The summed E-state index contributed by atoms with van der Waals surface area (Å²) in [4.78, 5) is 30.5. The largest absolute Gasteiger partial charge is 0.334 e. The van der Waals surface area contributed by atoms with Crippen LogP contribution < -0.4 is 5.32 Å². The zero-order valence-electron chi connectivity index (χ0n) is 11.7. The number of anilines is 2. The molecule has 1 aliphatic heterocycles. The zero-order valence-corrected chi connectivity index (χ0v) is 11.7. The lowest BCUT2D eigenvalue weighted by Gasteiger charge is -2.24. The molecule has 1 N–H and O–H groups in total. The Hall–Kier alpha value is -2.57. The highest BCUT2D eigenvalue weighted by molar-refractivity contribution is 5.74. The van der Waals surface area contributed by atoms with Gasteiger partial charge >= 0.3 is 0 Å². The van der Waals surface area contributed by atoms with Crippen LogP contribution in [0.15, 0.2) is 31.0 Å². The Labute approximate surface area is 122 Å². The second kappa shape index (κ2) is 5.82. The number of amides is 1. The zero-order chi connectivity index (χ0) is 14.7. The first kappa shape index (κ1) is 13.4. The number of nitrogens with one attached hydrogen (secondary N) is 1. The molecule has 1 atom stereocenters. The van der Waals surface area contributed by atoms with Gasteiger partial charge in [0, 0.05) is 38.3 Å². The molecular weight excluding hydrogens is 268 g/mol. The summed E-state index contributed by atoms with van der Waals surface area (Å²) >= 11 is 0. The smallest absolute Gasteiger partial charge is 0.220 e. The van der Waals surface area contributed by atoms with Gasteiger partial charge in [0.05, 0.1) is 12.2 Å². The van der Waals surface area contributed by atoms with Gasteiger partial charge in [0.25, 0.3) is 0 Å². The lowest BCUT2D eigenvalue weighted by molar-refractivity contribution is -0.129. The summed E-state index contributed by atoms with van der Waals surface area (Å²) in [5, 5.41) is 3.12. The fourth-order valence-corrected chi connectivity index (χ4v) is 2.60. The summed E-state index contributed by atoms with van der Waals surface area (Å²) in [6.45, 7) is 2.35. The van der Waals surface area contributed by atoms with Crippen molar-refractivity contribution in [1.29, 1.82) is 0 Å². The van der Waals surface area contributed by atoms with Gasteiger partial charge < -0.3 is 10.2 Å². The van der Waals surface area contributed by atoms with Crippen LogP contribution in [0.1, 0.15) is 31.5 Å². The molecule has 1 fully saturated rings. The van der Waals surface area contributed by atoms with E-state index in [0.29, 0.717) is 11.6 Å². The molecule has 0 radical (unpaired) electrons. The van der Waals surface area contributed by atoms with E-state index in [2.05, 4.69) is 25.3 Å². The molecule has 3 rings (SSSR count). The van der Waals surface area contributed by atoms with Crippen molar-refractivity contribution in [1.82, 2.24) is 24.8 Å². The highest BCUT2D eigenvalue weighted by Gasteiger charge is 2.31. The average Bonchev–Trinajstić information content (AvgIpc) is 2.98. The van der Waals surface area contributed by atoms with Crippen molar-refractivity contribution in [3.8, 4) is 0 Å². The monoisotopic (exact) mass is 284 g/mol. The van der Waals surface area contributed by atoms with Crippen LogP contribution in [-0.4, -0.2) is 37.3 Å². The fourth-order valence-electron chi connectivity index (χ4n) is 2.60. The molecule has 0 saturated carbocycles. The topological polar surface area (TPSA) is 83.9 Å². The van der Waals surface area contributed by atoms with Crippen LogP contribution in [0.5, 0.6) is 0 Å². The van der Waals surface area contributed by atoms with Crippen molar-refractivity contribution in [2.45, 2.75) is 25.8 Å². The van der Waals surface area contributed by atoms with Crippen LogP contribution in [0, 0.1) is 0 Å². The quantitative estimate of drug-likeness (QED) is 0.923. The highest BCUT2D eigenvalue weighted by atomic mass is 16.2. The third-order valence-corrected chi connectivity index (χ3v) is 3.51. The fraction of sp³-hybridized carbons (Fsp3) is 0.357. The van der Waals surface area contributed by atoms with E-state index in [1.54, 1.807) is 37.9 Å². The Morgan fingerprint density at radius 2 is 2.05 bits per heavy atom. The SMILES string of the molecule is CC(=O)N1CCCC1c1nccnc1Nc1cnccn1. The molecular formula is C14H16N6O. The Morgan fingerprint density at radius 1 is 1.24 bits per heavy atom. The molecule has 2 aromatic heterocycles. The standard InChI is InChI=1S/C14H16N6O/c1-10(21)20-8-2-3-11(20)13-14(18-7-6-17-13)19-12-9-15-4-5-16-12/h4-7,9,11H,2-3,8H2,1H3,(H,16,18,19). The van der Waals surface area contributed by atoms with Gasteiger partial charge in [-0.25, -0.2) is 9.97 Å². The predicted octanol–water partition coefficient (Wildman–Crippen LogP) is 1.69. The minimum atomic E-state index is -0.0321. The third kappa shape index (κ3) is 2.81. The maximum Gasteiger partial charge on any atom is 0.220 e. The second-order valence-corrected chi connectivity index (χ2v) is 4.88. The van der Waals surface area contributed by atoms with Crippen molar-refractivity contribution < 1.29 is 4.79 Å². The van der Waals surface area contributed by atoms with E-state index in [1.165, 1.54) is 0 Å². The van der Waals surface area contributed by atoms with Gasteiger partial charge in [-0.2, -0.15) is 0 Å². The van der Waals surface area contributed by atoms with Crippen LogP contribution in [0.2, 0.25) is 0 Å². The molecule has 0 bridgehead atoms. The maximum atomic E-state index is 11.7. The number of hydrogen-bond donors (Lipinski definition) is 1. The van der Waals surface area contributed by atoms with E-state index >= 15 is 0 Å². The normalized spacial score (nSPS) is 17.8. The first-order valence-electron chi connectivity index (χ1n) is 6.87. The van der Waals surface area contributed by atoms with Crippen LogP contribution >= 0.6 is 0 Å². The second-order valence-electron chi connectivity index (χ2n) is 4.88. The van der Waals surface area contributed by atoms with E-state index in [-0.39, 0.29) is 11.9 Å². The molecule has 0 spiro atoms. The molecule has 2 aromatic rings. The summed E-state index contributed by atoms with van der Waals surface area (Å²) in [7, 11) is 0. The van der Waals surface area contributed by atoms with Gasteiger partial charge in [-0.15, -0.1) is 0 Å². The molecule has 0 aliphatic carbocycles. The number of aromatic nitrogens is 4. The van der Waals surface area contributed by atoms with Gasteiger partial charge in [-0.05, 0) is 12.8 Å². The van der Waals surface area contributed by atoms with Crippen molar-refractivity contribution in [3.05, 3.63) is 36.7 Å². The summed E-state index contributed by atoms with van der Waals surface area (Å²) in [6, 6.07) is -0.0321. The van der Waals surface area contributed by atoms with E-state index in [0.717, 1.165) is 25.1 Å². The molecule has 21 heavy (non-hydrogen) atoms. The first-order chi connectivity index (χ1) is 10.3. The Morgan fingerprint density at radius 3 is 2.81 bits per heavy atom. The summed E-state index contributed by atoms with van der Waals surface area (Å²) in [5.74, 6) is 1.29. The number of carbonyl (C=O) groups is 1. The molecule has 0 aromatic carbocycles. The van der Waals surface area contributed by atoms with Gasteiger partial charge in [0.2, 0.25) is 5.91 Å². The third-order valence-electron chi connectivity index (χ3n) is 3.51. The van der Waals surface area contributed by atoms with Crippen LogP contribution in [-0.2, 0) is 4.79 Å². The van der Waals surface area contributed by atoms with Gasteiger partial charge in [0.1, 0.15) is 11.5 Å². The van der Waals surface area contributed by atoms with Crippen molar-refractivity contribution >= 4 is 17.5 Å². The Bertz CT molecular complexity index is 632. The summed E-state index contributed by atoms with van der Waals surface area (Å²) in [5.41, 5.74) is 0.774. The molecule has 1 aliphatic rings. The number of nitrogens with zero attached hydrogens (tertiary/aromatic N) is 5. The Balaban J connectivity index is 1.91. The average molecular weight is 284 g/mol. The number of hydrogen-bond acceptors (Lipinski definition) is 6. The molecule has 108 valence electrons. The summed E-state index contributed by atoms with van der Waals surface area (Å²) in [6.07, 6.45) is 9.98. The van der Waals surface area contributed by atoms with E-state index < -0.39 is 0 Å². The minimum absolute atomic E-state index is 0.0321. The summed E-state index contributed by atoms with van der Waals surface area (Å²) < 4.78 is 0. The van der Waals surface area contributed by atoms with E-state index in [4.69, 9.17) is 0 Å². The molecule has 1 saturated heterocycles. The molecule has 7 nitrogen and oxygen atoms in total. The molecule has 7 heteroatoms. The van der Waals surface area contributed by atoms with Gasteiger partial charge in [-0.3, -0.25) is 14.8 Å². The number of likely N-dealkylation sites (tertiary alicyclic amines) is 1. The minimum Gasteiger partial charge on any atom is -0.334 e. The van der Waals surface area contributed by atoms with Crippen molar-refractivity contribution in [2.75, 3.05) is 11.9 Å².